The van der Waals surface area contributed by atoms with Gasteiger partial charge in [0, 0.05) is 12.0 Å². The molecule has 24 heavy (non-hydrogen) atoms. The van der Waals surface area contributed by atoms with E-state index in [9.17, 15) is 9.18 Å². The van der Waals surface area contributed by atoms with Gasteiger partial charge in [0.1, 0.15) is 17.2 Å². The van der Waals surface area contributed by atoms with E-state index < -0.39 is 0 Å². The average Bonchev–Trinajstić information content (AvgIpc) is 2.48. The van der Waals surface area contributed by atoms with E-state index in [1.165, 1.54) is 12.1 Å². The molecule has 3 nitrogen and oxygen atoms in total. The normalized spacial score (nSPS) is 18.4. The molecule has 1 heterocycles. The zero-order chi connectivity index (χ0) is 17.3. The van der Waals surface area contributed by atoms with Crippen LogP contribution in [0.3, 0.4) is 0 Å². The van der Waals surface area contributed by atoms with Crippen LogP contribution >= 0.6 is 0 Å². The minimum atomic E-state index is -0.339. The number of ether oxygens (including phenoxy) is 1. The van der Waals surface area contributed by atoms with Crippen molar-refractivity contribution >= 4 is 5.91 Å². The second kappa shape index (κ2) is 6.27. The van der Waals surface area contributed by atoms with Crippen molar-refractivity contribution in [2.75, 3.05) is 0 Å². The molecule has 3 rings (SSSR count). The Morgan fingerprint density at radius 1 is 1.25 bits per heavy atom. The van der Waals surface area contributed by atoms with Gasteiger partial charge in [-0.05, 0) is 50.1 Å². The summed E-state index contributed by atoms with van der Waals surface area (Å²) >= 11 is 0. The third kappa shape index (κ3) is 3.75. The molecule has 2 aromatic rings. The molecule has 1 unspecified atom stereocenters. The summed E-state index contributed by atoms with van der Waals surface area (Å²) in [6, 6.07) is 12.0. The SMILES string of the molecule is Cc1ccc2c(c1)OC(C)(C)CC2NC(=O)Cc1ccc(F)cc1. The molecule has 4 heteroatoms. The van der Waals surface area contributed by atoms with Crippen LogP contribution in [0, 0.1) is 12.7 Å². The van der Waals surface area contributed by atoms with E-state index in [0.29, 0.717) is 6.42 Å². The van der Waals surface area contributed by atoms with Gasteiger partial charge in [-0.2, -0.15) is 0 Å². The van der Waals surface area contributed by atoms with E-state index in [4.69, 9.17) is 4.74 Å². The fourth-order valence-corrected chi connectivity index (χ4v) is 3.12. The highest BCUT2D eigenvalue weighted by Gasteiger charge is 2.34. The average molecular weight is 327 g/mol. The zero-order valence-corrected chi connectivity index (χ0v) is 14.2. The second-order valence-electron chi connectivity index (χ2n) is 7.03. The van der Waals surface area contributed by atoms with Gasteiger partial charge in [0.2, 0.25) is 5.91 Å². The minimum absolute atomic E-state index is 0.0733. The number of rotatable bonds is 3. The van der Waals surface area contributed by atoms with E-state index >= 15 is 0 Å². The molecule has 0 spiro atoms. The largest absolute Gasteiger partial charge is 0.487 e. The quantitative estimate of drug-likeness (QED) is 0.922. The summed E-state index contributed by atoms with van der Waals surface area (Å²) in [6.07, 6.45) is 0.942. The van der Waals surface area contributed by atoms with Crippen LogP contribution in [0.25, 0.3) is 0 Å². The fourth-order valence-electron chi connectivity index (χ4n) is 3.12. The molecule has 0 bridgehead atoms. The fraction of sp³-hybridized carbons (Fsp3) is 0.350. The third-order valence-corrected chi connectivity index (χ3v) is 4.24. The Hall–Kier alpha value is -2.36. The van der Waals surface area contributed by atoms with Gasteiger partial charge < -0.3 is 10.1 Å². The first-order valence-electron chi connectivity index (χ1n) is 8.16. The zero-order valence-electron chi connectivity index (χ0n) is 14.2. The number of hydrogen-bond acceptors (Lipinski definition) is 2. The van der Waals surface area contributed by atoms with Crippen LogP contribution in [-0.2, 0) is 11.2 Å². The molecular weight excluding hydrogens is 305 g/mol. The Morgan fingerprint density at radius 2 is 1.96 bits per heavy atom. The van der Waals surface area contributed by atoms with Crippen molar-refractivity contribution in [1.82, 2.24) is 5.32 Å². The van der Waals surface area contributed by atoms with Crippen molar-refractivity contribution in [3.05, 3.63) is 65.0 Å². The van der Waals surface area contributed by atoms with Gasteiger partial charge in [-0.3, -0.25) is 4.79 Å². The van der Waals surface area contributed by atoms with Crippen LogP contribution in [0.4, 0.5) is 4.39 Å². The Labute approximate surface area is 141 Å². The van der Waals surface area contributed by atoms with Crippen LogP contribution in [-0.4, -0.2) is 11.5 Å². The molecule has 0 aliphatic carbocycles. The lowest BCUT2D eigenvalue weighted by molar-refractivity contribution is -0.121. The molecule has 1 aliphatic rings. The predicted octanol–water partition coefficient (Wildman–Crippen LogP) is 4.10. The summed E-state index contributed by atoms with van der Waals surface area (Å²) in [5, 5.41) is 3.10. The van der Waals surface area contributed by atoms with E-state index in [1.807, 2.05) is 39.0 Å². The number of amides is 1. The van der Waals surface area contributed by atoms with Crippen LogP contribution in [0.1, 0.15) is 43.0 Å². The molecular formula is C20H22FNO2. The maximum Gasteiger partial charge on any atom is 0.224 e. The summed E-state index contributed by atoms with van der Waals surface area (Å²) in [6.45, 7) is 6.07. The third-order valence-electron chi connectivity index (χ3n) is 4.24. The van der Waals surface area contributed by atoms with Gasteiger partial charge >= 0.3 is 0 Å². The first kappa shape index (κ1) is 16.5. The van der Waals surface area contributed by atoms with Crippen molar-refractivity contribution in [1.29, 1.82) is 0 Å². The number of hydrogen-bond donors (Lipinski definition) is 1. The minimum Gasteiger partial charge on any atom is -0.487 e. The van der Waals surface area contributed by atoms with Crippen molar-refractivity contribution in [2.24, 2.45) is 0 Å². The number of halogens is 1. The number of fused-ring (bicyclic) bond motifs is 1. The lowest BCUT2D eigenvalue weighted by Crippen LogP contribution is -2.41. The first-order chi connectivity index (χ1) is 11.3. The molecule has 0 saturated heterocycles. The van der Waals surface area contributed by atoms with E-state index in [0.717, 1.165) is 22.4 Å². The molecule has 2 aromatic carbocycles. The Kier molecular flexibility index (Phi) is 4.31. The first-order valence-corrected chi connectivity index (χ1v) is 8.16. The number of carbonyl (C=O) groups excluding carboxylic acids is 1. The molecule has 0 saturated carbocycles. The maximum atomic E-state index is 13.0. The van der Waals surface area contributed by atoms with Gasteiger partial charge in [0.25, 0.3) is 0 Å². The summed E-state index contributed by atoms with van der Waals surface area (Å²) in [5.41, 5.74) is 2.59. The van der Waals surface area contributed by atoms with Gasteiger partial charge in [0.15, 0.2) is 0 Å². The van der Waals surface area contributed by atoms with Crippen molar-refractivity contribution in [2.45, 2.75) is 45.3 Å². The van der Waals surface area contributed by atoms with Crippen LogP contribution in [0.2, 0.25) is 0 Å². The number of benzene rings is 2. The Bertz CT molecular complexity index is 753. The van der Waals surface area contributed by atoms with Crippen LogP contribution in [0.15, 0.2) is 42.5 Å². The van der Waals surface area contributed by atoms with Crippen LogP contribution < -0.4 is 10.1 Å². The molecule has 0 radical (unpaired) electrons. The van der Waals surface area contributed by atoms with Crippen LogP contribution in [0.5, 0.6) is 5.75 Å². The molecule has 1 aliphatic heterocycles. The smallest absolute Gasteiger partial charge is 0.224 e. The maximum absolute atomic E-state index is 13.0. The monoisotopic (exact) mass is 327 g/mol. The molecule has 0 aromatic heterocycles. The molecule has 0 fully saturated rings. The highest BCUT2D eigenvalue weighted by Crippen LogP contribution is 2.39. The predicted molar refractivity (Wildman–Crippen MR) is 91.5 cm³/mol. The highest BCUT2D eigenvalue weighted by atomic mass is 19.1. The van der Waals surface area contributed by atoms with Crippen molar-refractivity contribution < 1.29 is 13.9 Å². The summed E-state index contributed by atoms with van der Waals surface area (Å²) in [7, 11) is 0. The second-order valence-corrected chi connectivity index (χ2v) is 7.03. The van der Waals surface area contributed by atoms with E-state index in [-0.39, 0.29) is 29.8 Å². The molecule has 1 atom stereocenters. The highest BCUT2D eigenvalue weighted by molar-refractivity contribution is 5.79. The summed E-state index contributed by atoms with van der Waals surface area (Å²) < 4.78 is 19.0. The van der Waals surface area contributed by atoms with Gasteiger partial charge in [0.05, 0.1) is 12.5 Å². The molecule has 1 N–H and O–H groups in total. The van der Waals surface area contributed by atoms with Gasteiger partial charge in [-0.15, -0.1) is 0 Å². The lowest BCUT2D eigenvalue weighted by Gasteiger charge is -2.38. The number of carbonyl (C=O) groups is 1. The van der Waals surface area contributed by atoms with Crippen molar-refractivity contribution in [3.8, 4) is 5.75 Å². The lowest BCUT2D eigenvalue weighted by atomic mass is 9.89. The Morgan fingerprint density at radius 3 is 2.67 bits per heavy atom. The van der Waals surface area contributed by atoms with Crippen molar-refractivity contribution in [3.63, 3.8) is 0 Å². The summed E-state index contributed by atoms with van der Waals surface area (Å²) in [4.78, 5) is 12.4. The Balaban J connectivity index is 1.76. The molecule has 1 amide bonds. The van der Waals surface area contributed by atoms with E-state index in [1.54, 1.807) is 12.1 Å². The van der Waals surface area contributed by atoms with Gasteiger partial charge in [-0.1, -0.05) is 24.3 Å². The topological polar surface area (TPSA) is 38.3 Å². The summed E-state index contributed by atoms with van der Waals surface area (Å²) in [5.74, 6) is 0.462. The van der Waals surface area contributed by atoms with E-state index in [2.05, 4.69) is 5.32 Å². The van der Waals surface area contributed by atoms with Gasteiger partial charge in [-0.25, -0.2) is 4.39 Å². The number of nitrogens with one attached hydrogen (secondary N) is 1. The molecule has 126 valence electrons. The standard InChI is InChI=1S/C20H22FNO2/c1-13-4-9-16-17(12-20(2,3)24-18(16)10-13)22-19(23)11-14-5-7-15(21)8-6-14/h4-10,17H,11-12H2,1-3H3,(H,22,23). The number of aryl methyl sites for hydroxylation is 1.